The largest absolute Gasteiger partial charge is 0.573 e. The van der Waals surface area contributed by atoms with Crippen molar-refractivity contribution in [2.45, 2.75) is 88.9 Å². The van der Waals surface area contributed by atoms with Gasteiger partial charge in [-0.2, -0.15) is 10.2 Å². The minimum Gasteiger partial charge on any atom is -0.405 e. The van der Waals surface area contributed by atoms with Crippen molar-refractivity contribution < 1.29 is 23.0 Å². The van der Waals surface area contributed by atoms with Gasteiger partial charge in [0, 0.05) is 30.7 Å². The van der Waals surface area contributed by atoms with Crippen LogP contribution < -0.4 is 20.7 Å². The lowest BCUT2D eigenvalue weighted by Gasteiger charge is -2.61. The average Bonchev–Trinajstić information content (AvgIpc) is 2.93. The summed E-state index contributed by atoms with van der Waals surface area (Å²) in [5.41, 5.74) is 0.810. The molecule has 0 aliphatic heterocycles. The second-order valence-electron chi connectivity index (χ2n) is 12.6. The lowest BCUT2D eigenvalue weighted by Crippen LogP contribution is -2.61. The molecule has 4 N–H and O–H groups in total. The Morgan fingerprint density at radius 1 is 1.05 bits per heavy atom. The van der Waals surface area contributed by atoms with Crippen LogP contribution in [0.2, 0.25) is 0 Å². The van der Waals surface area contributed by atoms with E-state index in [1.165, 1.54) is 37.6 Å². The van der Waals surface area contributed by atoms with Gasteiger partial charge in [-0.25, -0.2) is 4.98 Å². The smallest absolute Gasteiger partial charge is 0.405 e. The first-order chi connectivity index (χ1) is 19.7. The van der Waals surface area contributed by atoms with E-state index < -0.39 is 6.36 Å². The number of aliphatic hydroxyl groups excluding tert-OH is 1. The number of nitriles is 1. The average molecular weight is 571 g/mol. The van der Waals surface area contributed by atoms with Crippen LogP contribution in [0, 0.1) is 34.5 Å². The Balaban J connectivity index is 1.10. The number of para-hydroxylation sites is 1. The van der Waals surface area contributed by atoms with Crippen molar-refractivity contribution in [2.24, 2.45) is 23.2 Å². The summed E-state index contributed by atoms with van der Waals surface area (Å²) in [5.74, 6) is 2.41. The predicted octanol–water partition coefficient (Wildman–Crippen LogP) is 5.36. The van der Waals surface area contributed by atoms with Crippen LogP contribution in [0.1, 0.15) is 68.9 Å². The van der Waals surface area contributed by atoms with Crippen molar-refractivity contribution in [3.8, 4) is 11.8 Å². The third-order valence-corrected chi connectivity index (χ3v) is 9.70. The molecule has 5 aliphatic carbocycles. The Kier molecular flexibility index (Phi) is 7.72. The highest BCUT2D eigenvalue weighted by Crippen LogP contribution is 2.60. The number of alkyl halides is 3. The second kappa shape index (κ2) is 11.3. The zero-order valence-corrected chi connectivity index (χ0v) is 23.0. The van der Waals surface area contributed by atoms with Crippen molar-refractivity contribution in [1.29, 1.82) is 5.26 Å². The van der Waals surface area contributed by atoms with Gasteiger partial charge in [0.2, 0.25) is 5.95 Å². The fourth-order valence-electron chi connectivity index (χ4n) is 8.20. The molecule has 4 bridgehead atoms. The molecule has 5 saturated carbocycles. The molecule has 41 heavy (non-hydrogen) atoms. The summed E-state index contributed by atoms with van der Waals surface area (Å²) in [6.07, 6.45) is 6.42. The van der Waals surface area contributed by atoms with Crippen LogP contribution in [0.3, 0.4) is 0 Å². The van der Waals surface area contributed by atoms with Crippen molar-refractivity contribution >= 4 is 11.8 Å². The molecule has 1 aromatic heterocycles. The minimum absolute atomic E-state index is 0.0287. The molecule has 0 radical (unpaired) electrons. The maximum Gasteiger partial charge on any atom is 0.573 e. The number of halogens is 3. The van der Waals surface area contributed by atoms with Gasteiger partial charge in [-0.3, -0.25) is 0 Å². The Morgan fingerprint density at radius 3 is 2.49 bits per heavy atom. The molecule has 11 heteroatoms. The third-order valence-electron chi connectivity index (χ3n) is 9.70. The molecule has 2 atom stereocenters. The van der Waals surface area contributed by atoms with Gasteiger partial charge in [0.1, 0.15) is 23.2 Å². The fraction of sp³-hybridized carbons (Fsp3) is 0.633. The summed E-state index contributed by atoms with van der Waals surface area (Å²) in [5, 5.41) is 30.0. The molecule has 1 heterocycles. The minimum atomic E-state index is -4.79. The monoisotopic (exact) mass is 570 g/mol. The van der Waals surface area contributed by atoms with Gasteiger partial charge in [0.05, 0.1) is 12.3 Å². The first kappa shape index (κ1) is 28.0. The zero-order chi connectivity index (χ0) is 28.6. The van der Waals surface area contributed by atoms with E-state index in [1.807, 2.05) is 0 Å². The highest BCUT2D eigenvalue weighted by Gasteiger charge is 2.55. The lowest BCUT2D eigenvalue weighted by atomic mass is 9.47. The molecule has 0 saturated heterocycles. The number of hydrogen-bond acceptors (Lipinski definition) is 8. The number of anilines is 2. The first-order valence-corrected chi connectivity index (χ1v) is 14.7. The molecular formula is C30H37F3N6O2. The van der Waals surface area contributed by atoms with Crippen LogP contribution in [0.4, 0.5) is 24.9 Å². The highest BCUT2D eigenvalue weighted by molar-refractivity contribution is 5.53. The van der Waals surface area contributed by atoms with Gasteiger partial charge in [-0.05, 0) is 87.0 Å². The summed E-state index contributed by atoms with van der Waals surface area (Å²) in [6.45, 7) is 0.757. The van der Waals surface area contributed by atoms with Crippen LogP contribution in [0.15, 0.2) is 30.5 Å². The van der Waals surface area contributed by atoms with Gasteiger partial charge in [0.25, 0.3) is 0 Å². The number of ether oxygens (including phenoxy) is 1. The number of hydrogen-bond donors (Lipinski definition) is 4. The molecule has 8 nitrogen and oxygen atoms in total. The Bertz CT molecular complexity index is 1260. The van der Waals surface area contributed by atoms with Gasteiger partial charge in [-0.15, -0.1) is 13.2 Å². The van der Waals surface area contributed by atoms with Crippen molar-refractivity contribution in [2.75, 3.05) is 17.2 Å². The third kappa shape index (κ3) is 6.38. The van der Waals surface area contributed by atoms with Crippen LogP contribution in [-0.4, -0.2) is 46.2 Å². The summed E-state index contributed by atoms with van der Waals surface area (Å²) in [7, 11) is 0. The Morgan fingerprint density at radius 2 is 1.78 bits per heavy atom. The van der Waals surface area contributed by atoms with E-state index in [9.17, 15) is 23.5 Å². The van der Waals surface area contributed by atoms with E-state index >= 15 is 0 Å². The van der Waals surface area contributed by atoms with E-state index in [1.54, 1.807) is 12.1 Å². The standard InChI is InChI=1S/C30H37F3N6O2/c31-30(32,33)41-25-4-2-1-3-19(25)15-35-28-36-16-22(14-34)27(39-28)37-17-29-11-18-9-20(12-29)26(21(10-18)13-29)38-23-5-7-24(40)8-6-23/h1-4,16,18,20-21,23-24,26,38,40H,5-13,15,17H2,(H2,35,36,37,39). The van der Waals surface area contributed by atoms with Crippen LogP contribution >= 0.6 is 0 Å². The Labute approximate surface area is 238 Å². The number of aromatic nitrogens is 2. The molecule has 5 aliphatic rings. The van der Waals surface area contributed by atoms with Gasteiger partial charge >= 0.3 is 6.36 Å². The second-order valence-corrected chi connectivity index (χ2v) is 12.6. The number of benzene rings is 1. The van der Waals surface area contributed by atoms with Crippen molar-refractivity contribution in [1.82, 2.24) is 15.3 Å². The summed E-state index contributed by atoms with van der Waals surface area (Å²) >= 11 is 0. The summed E-state index contributed by atoms with van der Waals surface area (Å²) < 4.78 is 42.5. The Hall–Kier alpha value is -3.10. The maximum atomic E-state index is 12.8. The predicted molar refractivity (Wildman–Crippen MR) is 147 cm³/mol. The van der Waals surface area contributed by atoms with Crippen LogP contribution in [-0.2, 0) is 6.54 Å². The number of nitrogens with one attached hydrogen (secondary N) is 3. The molecule has 5 fully saturated rings. The summed E-state index contributed by atoms with van der Waals surface area (Å²) in [4.78, 5) is 8.73. The van der Waals surface area contributed by atoms with Crippen molar-refractivity contribution in [3.05, 3.63) is 41.6 Å². The quantitative estimate of drug-likeness (QED) is 0.319. The van der Waals surface area contributed by atoms with Gasteiger partial charge in [0.15, 0.2) is 0 Å². The first-order valence-electron chi connectivity index (χ1n) is 14.7. The van der Waals surface area contributed by atoms with E-state index in [0.717, 1.165) is 51.0 Å². The molecular weight excluding hydrogens is 533 g/mol. The molecule has 2 aromatic rings. The van der Waals surface area contributed by atoms with E-state index in [4.69, 9.17) is 0 Å². The van der Waals surface area contributed by atoms with Crippen LogP contribution in [0.5, 0.6) is 5.75 Å². The highest BCUT2D eigenvalue weighted by atomic mass is 19.4. The van der Waals surface area contributed by atoms with E-state index in [2.05, 4.69) is 36.7 Å². The SMILES string of the molecule is N#Cc1cnc(NCc2ccccc2OC(F)(F)F)nc1NCC12CC3CC(C1)C(NC1CCC(O)CC1)C(C3)C2. The van der Waals surface area contributed by atoms with E-state index in [-0.39, 0.29) is 29.8 Å². The molecule has 7 rings (SSSR count). The molecule has 0 amide bonds. The van der Waals surface area contributed by atoms with Crippen molar-refractivity contribution in [3.63, 3.8) is 0 Å². The normalized spacial score (nSPS) is 32.4. The number of rotatable bonds is 9. The zero-order valence-electron chi connectivity index (χ0n) is 23.0. The van der Waals surface area contributed by atoms with E-state index in [0.29, 0.717) is 40.9 Å². The molecule has 2 unspecified atom stereocenters. The maximum absolute atomic E-state index is 12.8. The van der Waals surface area contributed by atoms with Gasteiger partial charge < -0.3 is 25.8 Å². The number of nitrogens with zero attached hydrogens (tertiary/aromatic N) is 3. The summed E-state index contributed by atoms with van der Waals surface area (Å²) in [6, 6.07) is 9.14. The topological polar surface area (TPSA) is 115 Å². The van der Waals surface area contributed by atoms with Crippen LogP contribution in [0.25, 0.3) is 0 Å². The molecule has 0 spiro atoms. The molecule has 1 aromatic carbocycles. The van der Waals surface area contributed by atoms with Gasteiger partial charge in [-0.1, -0.05) is 18.2 Å². The number of aliphatic hydroxyl groups is 1. The lowest BCUT2D eigenvalue weighted by molar-refractivity contribution is -0.274. The fourth-order valence-corrected chi connectivity index (χ4v) is 8.20. The molecule has 220 valence electrons.